The Morgan fingerprint density at radius 3 is 2.54 bits per heavy atom. The molecule has 158 valence electrons. The number of carbonyl (C=O) groups is 1. The summed E-state index contributed by atoms with van der Waals surface area (Å²) in [4.78, 5) is 20.2. The van der Waals surface area contributed by atoms with Crippen molar-refractivity contribution in [1.29, 1.82) is 0 Å². The van der Waals surface area contributed by atoms with E-state index in [2.05, 4.69) is 47.6 Å². The lowest BCUT2D eigenvalue weighted by Gasteiger charge is -2.32. The number of carbonyl (C=O) groups excluding carboxylic acids is 1. The molecule has 0 spiro atoms. The molecule has 28 heavy (non-hydrogen) atoms. The van der Waals surface area contributed by atoms with Crippen molar-refractivity contribution in [2.75, 3.05) is 45.7 Å². The molecule has 1 aromatic carbocycles. The average Bonchev–Trinajstić information content (AvgIpc) is 2.66. The lowest BCUT2D eigenvalue weighted by atomic mass is 10.1. The second kappa shape index (κ2) is 12.0. The van der Waals surface area contributed by atoms with Gasteiger partial charge < -0.3 is 25.2 Å². The molecule has 1 saturated heterocycles. The quantitative estimate of drug-likeness (QED) is 0.368. The monoisotopic (exact) mass is 503 g/mol. The van der Waals surface area contributed by atoms with Crippen LogP contribution >= 0.6 is 24.0 Å². The van der Waals surface area contributed by atoms with Crippen LogP contribution in [0.3, 0.4) is 0 Å². The molecule has 0 aliphatic carbocycles. The first-order chi connectivity index (χ1) is 12.9. The number of rotatable bonds is 5. The van der Waals surface area contributed by atoms with Crippen LogP contribution < -0.4 is 15.5 Å². The molecular weight excluding hydrogens is 469 g/mol. The lowest BCUT2D eigenvalue weighted by Crippen LogP contribution is -2.49. The van der Waals surface area contributed by atoms with Gasteiger partial charge in [-0.05, 0) is 49.9 Å². The van der Waals surface area contributed by atoms with E-state index in [9.17, 15) is 4.79 Å². The summed E-state index contributed by atoms with van der Waals surface area (Å²) in [6.07, 6.45) is 1.53. The van der Waals surface area contributed by atoms with E-state index in [0.717, 1.165) is 25.3 Å². The Kier molecular flexibility index (Phi) is 10.4. The van der Waals surface area contributed by atoms with Gasteiger partial charge in [-0.25, -0.2) is 9.79 Å². The van der Waals surface area contributed by atoms with Gasteiger partial charge in [-0.15, -0.1) is 24.0 Å². The third kappa shape index (κ3) is 7.03. The smallest absolute Gasteiger partial charge is 0.409 e. The summed E-state index contributed by atoms with van der Waals surface area (Å²) in [5, 5.41) is 6.83. The summed E-state index contributed by atoms with van der Waals surface area (Å²) in [6, 6.07) is 6.77. The van der Waals surface area contributed by atoms with E-state index in [4.69, 9.17) is 9.73 Å². The number of halogens is 1. The highest BCUT2D eigenvalue weighted by Gasteiger charge is 2.23. The number of nitrogens with zero attached hydrogens (tertiary/aromatic N) is 3. The van der Waals surface area contributed by atoms with Gasteiger partial charge in [0.1, 0.15) is 0 Å². The predicted molar refractivity (Wildman–Crippen MR) is 126 cm³/mol. The second-order valence-corrected chi connectivity index (χ2v) is 7.08. The van der Waals surface area contributed by atoms with Crippen LogP contribution in [-0.2, 0) is 11.3 Å². The minimum Gasteiger partial charge on any atom is -0.453 e. The molecule has 2 rings (SSSR count). The number of guanidine groups is 1. The molecule has 1 aliphatic heterocycles. The van der Waals surface area contributed by atoms with E-state index < -0.39 is 0 Å². The van der Waals surface area contributed by atoms with E-state index in [1.54, 1.807) is 4.90 Å². The number of amides is 1. The van der Waals surface area contributed by atoms with Gasteiger partial charge in [-0.1, -0.05) is 6.07 Å². The number of benzene rings is 1. The largest absolute Gasteiger partial charge is 0.453 e. The minimum atomic E-state index is -0.245. The number of nitrogens with one attached hydrogen (secondary N) is 2. The molecule has 7 nitrogen and oxygen atoms in total. The fourth-order valence-corrected chi connectivity index (χ4v) is 3.15. The molecule has 0 saturated carbocycles. The number of ether oxygens (including phenoxy) is 1. The first kappa shape index (κ1) is 24.3. The molecule has 8 heteroatoms. The van der Waals surface area contributed by atoms with Crippen molar-refractivity contribution in [2.45, 2.75) is 39.3 Å². The van der Waals surface area contributed by atoms with E-state index in [0.29, 0.717) is 25.7 Å². The molecule has 1 fully saturated rings. The maximum absolute atomic E-state index is 11.6. The van der Waals surface area contributed by atoms with Crippen LogP contribution in [0.25, 0.3) is 0 Å². The zero-order valence-electron chi connectivity index (χ0n) is 17.6. The number of likely N-dealkylation sites (tertiary alicyclic amines) is 1. The predicted octanol–water partition coefficient (Wildman–Crippen LogP) is 2.96. The van der Waals surface area contributed by atoms with Crippen LogP contribution in [0, 0.1) is 6.92 Å². The van der Waals surface area contributed by atoms with Crippen molar-refractivity contribution in [1.82, 2.24) is 15.5 Å². The number of hydrogen-bond donors (Lipinski definition) is 2. The first-order valence-corrected chi connectivity index (χ1v) is 9.59. The van der Waals surface area contributed by atoms with Crippen LogP contribution in [0.1, 0.15) is 30.9 Å². The van der Waals surface area contributed by atoms with Crippen LogP contribution in [0.2, 0.25) is 0 Å². The number of aliphatic imine (C=N–C) groups is 1. The molecule has 1 aliphatic rings. The van der Waals surface area contributed by atoms with Gasteiger partial charge in [-0.3, -0.25) is 0 Å². The van der Waals surface area contributed by atoms with E-state index in [1.807, 2.05) is 14.1 Å². The van der Waals surface area contributed by atoms with Crippen molar-refractivity contribution >= 4 is 41.7 Å². The SMILES string of the molecule is CCNC(=NCc1ccc(N(C)C)cc1C)NC1CCN(C(=O)OC)CC1.I. The number of piperidine rings is 1. The van der Waals surface area contributed by atoms with Crippen molar-refractivity contribution in [2.24, 2.45) is 4.99 Å². The van der Waals surface area contributed by atoms with Crippen molar-refractivity contribution < 1.29 is 9.53 Å². The Morgan fingerprint density at radius 2 is 2.00 bits per heavy atom. The van der Waals surface area contributed by atoms with Gasteiger partial charge >= 0.3 is 6.09 Å². The molecule has 0 aromatic heterocycles. The molecule has 0 unspecified atom stereocenters. The fraction of sp³-hybridized carbons (Fsp3) is 0.600. The summed E-state index contributed by atoms with van der Waals surface area (Å²) in [6.45, 7) is 7.04. The van der Waals surface area contributed by atoms with Gasteiger partial charge in [0.15, 0.2) is 5.96 Å². The number of anilines is 1. The highest BCUT2D eigenvalue weighted by molar-refractivity contribution is 14.0. The molecule has 2 N–H and O–H groups in total. The zero-order chi connectivity index (χ0) is 19.8. The molecule has 1 amide bonds. The first-order valence-electron chi connectivity index (χ1n) is 9.59. The van der Waals surface area contributed by atoms with Gasteiger partial charge in [0, 0.05) is 45.5 Å². The third-order valence-corrected chi connectivity index (χ3v) is 4.86. The summed E-state index contributed by atoms with van der Waals surface area (Å²) in [5.74, 6) is 0.824. The second-order valence-electron chi connectivity index (χ2n) is 7.08. The average molecular weight is 503 g/mol. The Balaban J connectivity index is 0.00000392. The zero-order valence-corrected chi connectivity index (χ0v) is 19.9. The molecular formula is C20H34IN5O2. The lowest BCUT2D eigenvalue weighted by molar-refractivity contribution is 0.111. The van der Waals surface area contributed by atoms with Crippen LogP contribution in [0.15, 0.2) is 23.2 Å². The number of aryl methyl sites for hydroxylation is 1. The Labute approximate surface area is 185 Å². The Morgan fingerprint density at radius 1 is 1.32 bits per heavy atom. The number of methoxy groups -OCH3 is 1. The van der Waals surface area contributed by atoms with Crippen molar-refractivity contribution in [3.05, 3.63) is 29.3 Å². The highest BCUT2D eigenvalue weighted by atomic mass is 127. The molecule has 0 atom stereocenters. The van der Waals surface area contributed by atoms with Gasteiger partial charge in [0.05, 0.1) is 13.7 Å². The van der Waals surface area contributed by atoms with E-state index in [-0.39, 0.29) is 30.1 Å². The maximum Gasteiger partial charge on any atom is 0.409 e. The van der Waals surface area contributed by atoms with E-state index in [1.165, 1.54) is 23.9 Å². The summed E-state index contributed by atoms with van der Waals surface area (Å²) in [5.41, 5.74) is 3.66. The summed E-state index contributed by atoms with van der Waals surface area (Å²) in [7, 11) is 5.52. The normalized spacial score (nSPS) is 14.9. The highest BCUT2D eigenvalue weighted by Crippen LogP contribution is 2.18. The number of hydrogen-bond acceptors (Lipinski definition) is 4. The molecule has 0 radical (unpaired) electrons. The van der Waals surface area contributed by atoms with Crippen molar-refractivity contribution in [3.8, 4) is 0 Å². The Bertz CT molecular complexity index is 658. The van der Waals surface area contributed by atoms with Crippen LogP contribution in [0.4, 0.5) is 10.5 Å². The minimum absolute atomic E-state index is 0. The van der Waals surface area contributed by atoms with Crippen LogP contribution in [-0.4, -0.2) is 63.8 Å². The molecule has 1 aromatic rings. The maximum atomic E-state index is 11.6. The van der Waals surface area contributed by atoms with Gasteiger partial charge in [-0.2, -0.15) is 0 Å². The van der Waals surface area contributed by atoms with Gasteiger partial charge in [0.2, 0.25) is 0 Å². The summed E-state index contributed by atoms with van der Waals surface area (Å²) < 4.78 is 4.79. The standard InChI is InChI=1S/C20H33N5O2.HI/c1-6-21-19(23-17-9-11-25(12-10-17)20(26)27-5)22-14-16-7-8-18(24(3)4)13-15(16)2;/h7-8,13,17H,6,9-12,14H2,1-5H3,(H2,21,22,23);1H. The van der Waals surface area contributed by atoms with Crippen LogP contribution in [0.5, 0.6) is 0 Å². The molecule has 1 heterocycles. The summed E-state index contributed by atoms with van der Waals surface area (Å²) >= 11 is 0. The van der Waals surface area contributed by atoms with E-state index >= 15 is 0 Å². The van der Waals surface area contributed by atoms with Crippen molar-refractivity contribution in [3.63, 3.8) is 0 Å². The fourth-order valence-electron chi connectivity index (χ4n) is 3.15. The third-order valence-electron chi connectivity index (χ3n) is 4.86. The molecule has 0 bridgehead atoms. The Hall–Kier alpha value is -1.71. The van der Waals surface area contributed by atoms with Gasteiger partial charge in [0.25, 0.3) is 0 Å². The topological polar surface area (TPSA) is 69.2 Å².